The molecule has 0 heterocycles. The number of amides is 1. The SMILES string of the molecule is COCCCNC(=O)COc1ccccc1[C@@H](C)O. The van der Waals surface area contributed by atoms with Crippen molar-refractivity contribution in [3.8, 4) is 5.75 Å². The lowest BCUT2D eigenvalue weighted by Crippen LogP contribution is -2.30. The van der Waals surface area contributed by atoms with Crippen molar-refractivity contribution >= 4 is 5.91 Å². The molecule has 1 atom stereocenters. The van der Waals surface area contributed by atoms with E-state index in [1.807, 2.05) is 6.07 Å². The van der Waals surface area contributed by atoms with E-state index in [0.29, 0.717) is 24.5 Å². The summed E-state index contributed by atoms with van der Waals surface area (Å²) in [5, 5.41) is 12.3. The van der Waals surface area contributed by atoms with Gasteiger partial charge < -0.3 is 19.9 Å². The Labute approximate surface area is 113 Å². The number of benzene rings is 1. The van der Waals surface area contributed by atoms with E-state index in [1.165, 1.54) is 0 Å². The summed E-state index contributed by atoms with van der Waals surface area (Å²) in [6.45, 7) is 2.78. The second-order valence-corrected chi connectivity index (χ2v) is 4.20. The van der Waals surface area contributed by atoms with E-state index in [-0.39, 0.29) is 12.5 Å². The number of hydrogen-bond donors (Lipinski definition) is 2. The van der Waals surface area contributed by atoms with E-state index in [2.05, 4.69) is 5.32 Å². The molecule has 0 aromatic heterocycles. The Balaban J connectivity index is 2.38. The molecule has 0 radical (unpaired) electrons. The van der Waals surface area contributed by atoms with Gasteiger partial charge in [-0.15, -0.1) is 0 Å². The van der Waals surface area contributed by atoms with Crippen LogP contribution < -0.4 is 10.1 Å². The molecule has 1 amide bonds. The highest BCUT2D eigenvalue weighted by molar-refractivity contribution is 5.77. The molecule has 0 aliphatic rings. The van der Waals surface area contributed by atoms with Crippen LogP contribution >= 0.6 is 0 Å². The minimum Gasteiger partial charge on any atom is -0.483 e. The molecular formula is C14H21NO4. The molecule has 0 spiro atoms. The fraction of sp³-hybridized carbons (Fsp3) is 0.500. The van der Waals surface area contributed by atoms with Crippen LogP contribution in [-0.2, 0) is 9.53 Å². The second kappa shape index (κ2) is 8.50. The fourth-order valence-corrected chi connectivity index (χ4v) is 1.60. The van der Waals surface area contributed by atoms with Crippen LogP contribution in [-0.4, -0.2) is 37.9 Å². The molecule has 0 fully saturated rings. The number of ether oxygens (including phenoxy) is 2. The average Bonchev–Trinajstić information content (AvgIpc) is 2.41. The number of rotatable bonds is 8. The van der Waals surface area contributed by atoms with Crippen molar-refractivity contribution in [1.82, 2.24) is 5.32 Å². The molecule has 1 rings (SSSR count). The van der Waals surface area contributed by atoms with Crippen molar-refractivity contribution in [2.24, 2.45) is 0 Å². The Morgan fingerprint density at radius 3 is 2.84 bits per heavy atom. The summed E-state index contributed by atoms with van der Waals surface area (Å²) < 4.78 is 10.3. The van der Waals surface area contributed by atoms with Gasteiger partial charge in [0, 0.05) is 25.8 Å². The maximum Gasteiger partial charge on any atom is 0.257 e. The third-order valence-electron chi connectivity index (χ3n) is 2.58. The number of aliphatic hydroxyl groups excluding tert-OH is 1. The van der Waals surface area contributed by atoms with Crippen LogP contribution in [0.5, 0.6) is 5.75 Å². The van der Waals surface area contributed by atoms with Crippen molar-refractivity contribution in [2.45, 2.75) is 19.4 Å². The lowest BCUT2D eigenvalue weighted by molar-refractivity contribution is -0.123. The van der Waals surface area contributed by atoms with Crippen molar-refractivity contribution in [1.29, 1.82) is 0 Å². The van der Waals surface area contributed by atoms with Crippen molar-refractivity contribution in [3.63, 3.8) is 0 Å². The van der Waals surface area contributed by atoms with E-state index in [0.717, 1.165) is 6.42 Å². The number of nitrogens with one attached hydrogen (secondary N) is 1. The van der Waals surface area contributed by atoms with Gasteiger partial charge in [0.05, 0.1) is 6.10 Å². The summed E-state index contributed by atoms with van der Waals surface area (Å²) in [5.41, 5.74) is 0.676. The molecule has 0 aliphatic heterocycles. The predicted molar refractivity (Wildman–Crippen MR) is 72.1 cm³/mol. The standard InChI is InChI=1S/C14H21NO4/c1-11(16)12-6-3-4-7-13(12)19-10-14(17)15-8-5-9-18-2/h3-4,6-7,11,16H,5,8-10H2,1-2H3,(H,15,17)/t11-/m1/s1. The van der Waals surface area contributed by atoms with Gasteiger partial charge in [-0.3, -0.25) is 4.79 Å². The van der Waals surface area contributed by atoms with E-state index >= 15 is 0 Å². The van der Waals surface area contributed by atoms with Crippen molar-refractivity contribution < 1.29 is 19.4 Å². The van der Waals surface area contributed by atoms with Gasteiger partial charge in [0.2, 0.25) is 0 Å². The molecule has 2 N–H and O–H groups in total. The smallest absolute Gasteiger partial charge is 0.257 e. The lowest BCUT2D eigenvalue weighted by atomic mass is 10.1. The highest BCUT2D eigenvalue weighted by Gasteiger charge is 2.09. The monoisotopic (exact) mass is 267 g/mol. The van der Waals surface area contributed by atoms with Gasteiger partial charge in [-0.25, -0.2) is 0 Å². The highest BCUT2D eigenvalue weighted by Crippen LogP contribution is 2.24. The molecule has 0 unspecified atom stereocenters. The molecule has 0 saturated carbocycles. The Hall–Kier alpha value is -1.59. The molecule has 106 valence electrons. The molecule has 0 aliphatic carbocycles. The first-order valence-electron chi connectivity index (χ1n) is 6.30. The quantitative estimate of drug-likeness (QED) is 0.696. The largest absolute Gasteiger partial charge is 0.483 e. The number of carbonyl (C=O) groups is 1. The van der Waals surface area contributed by atoms with E-state index < -0.39 is 6.10 Å². The maximum absolute atomic E-state index is 11.5. The zero-order valence-electron chi connectivity index (χ0n) is 11.4. The van der Waals surface area contributed by atoms with Gasteiger partial charge in [-0.2, -0.15) is 0 Å². The van der Waals surface area contributed by atoms with Crippen molar-refractivity contribution in [2.75, 3.05) is 26.9 Å². The highest BCUT2D eigenvalue weighted by atomic mass is 16.5. The normalized spacial score (nSPS) is 11.9. The van der Waals surface area contributed by atoms with Gasteiger partial charge in [0.1, 0.15) is 5.75 Å². The number of carbonyl (C=O) groups excluding carboxylic acids is 1. The minimum atomic E-state index is -0.624. The van der Waals surface area contributed by atoms with Gasteiger partial charge in [-0.1, -0.05) is 18.2 Å². The summed E-state index contributed by atoms with van der Waals surface area (Å²) in [6, 6.07) is 7.13. The Morgan fingerprint density at radius 1 is 1.42 bits per heavy atom. The van der Waals surface area contributed by atoms with E-state index in [1.54, 1.807) is 32.2 Å². The minimum absolute atomic E-state index is 0.0588. The molecule has 5 heteroatoms. The zero-order chi connectivity index (χ0) is 14.1. The molecule has 1 aromatic carbocycles. The predicted octanol–water partition coefficient (Wildman–Crippen LogP) is 1.27. The van der Waals surface area contributed by atoms with Crippen LogP contribution in [0, 0.1) is 0 Å². The topological polar surface area (TPSA) is 67.8 Å². The summed E-state index contributed by atoms with van der Waals surface area (Å²) >= 11 is 0. The summed E-state index contributed by atoms with van der Waals surface area (Å²) in [5.74, 6) is 0.348. The van der Waals surface area contributed by atoms with Crippen LogP contribution in [0.25, 0.3) is 0 Å². The Morgan fingerprint density at radius 2 is 2.16 bits per heavy atom. The van der Waals surface area contributed by atoms with Gasteiger partial charge in [-0.05, 0) is 19.4 Å². The molecule has 1 aromatic rings. The van der Waals surface area contributed by atoms with Crippen LogP contribution in [0.3, 0.4) is 0 Å². The van der Waals surface area contributed by atoms with Crippen LogP contribution in [0.1, 0.15) is 25.0 Å². The summed E-state index contributed by atoms with van der Waals surface area (Å²) in [6.07, 6.45) is 0.146. The number of hydrogen-bond acceptors (Lipinski definition) is 4. The van der Waals surface area contributed by atoms with Crippen molar-refractivity contribution in [3.05, 3.63) is 29.8 Å². The molecule has 0 bridgehead atoms. The number of methoxy groups -OCH3 is 1. The second-order valence-electron chi connectivity index (χ2n) is 4.20. The van der Waals surface area contributed by atoms with Gasteiger partial charge in [0.25, 0.3) is 5.91 Å². The molecule has 0 saturated heterocycles. The summed E-state index contributed by atoms with van der Waals surface area (Å²) in [7, 11) is 1.62. The number of para-hydroxylation sites is 1. The third kappa shape index (κ3) is 5.72. The summed E-state index contributed by atoms with van der Waals surface area (Å²) in [4.78, 5) is 11.5. The molecular weight excluding hydrogens is 246 g/mol. The van der Waals surface area contributed by atoms with Gasteiger partial charge in [0.15, 0.2) is 6.61 Å². The third-order valence-corrected chi connectivity index (χ3v) is 2.58. The number of aliphatic hydroxyl groups is 1. The van der Waals surface area contributed by atoms with Crippen LogP contribution in [0.2, 0.25) is 0 Å². The van der Waals surface area contributed by atoms with Gasteiger partial charge >= 0.3 is 0 Å². The fourth-order valence-electron chi connectivity index (χ4n) is 1.60. The Kier molecular flexibility index (Phi) is 6.92. The first kappa shape index (κ1) is 15.5. The first-order chi connectivity index (χ1) is 9.15. The van der Waals surface area contributed by atoms with E-state index in [4.69, 9.17) is 9.47 Å². The molecule has 19 heavy (non-hydrogen) atoms. The maximum atomic E-state index is 11.5. The zero-order valence-corrected chi connectivity index (χ0v) is 11.4. The van der Waals surface area contributed by atoms with Crippen LogP contribution in [0.15, 0.2) is 24.3 Å². The lowest BCUT2D eigenvalue weighted by Gasteiger charge is -2.13. The van der Waals surface area contributed by atoms with Crippen LogP contribution in [0.4, 0.5) is 0 Å². The average molecular weight is 267 g/mol. The molecule has 5 nitrogen and oxygen atoms in total. The first-order valence-corrected chi connectivity index (χ1v) is 6.30. The van der Waals surface area contributed by atoms with E-state index in [9.17, 15) is 9.90 Å². The Bertz CT molecular complexity index is 393.